The lowest BCUT2D eigenvalue weighted by molar-refractivity contribution is 0.0926. The van der Waals surface area contributed by atoms with Gasteiger partial charge >= 0.3 is 0 Å². The standard InChI is InChI=1S/C21H18N2O2/c1-22-12-11-16-14-9-5-6-10-15(14)17-18(19(16)22)21(25)23(20(17)24)13-7-3-2-4-8-13/h2-4,7-8,11-12H,5-6,9-10H2,1H3. The molecule has 2 amide bonds. The fourth-order valence-electron chi connectivity index (χ4n) is 4.40. The van der Waals surface area contributed by atoms with Crippen molar-refractivity contribution in [3.05, 3.63) is 64.8 Å². The average Bonchev–Trinajstić information content (AvgIpc) is 3.14. The van der Waals surface area contributed by atoms with Crippen molar-refractivity contribution >= 4 is 28.4 Å². The molecule has 0 N–H and O–H groups in total. The molecule has 0 atom stereocenters. The summed E-state index contributed by atoms with van der Waals surface area (Å²) in [4.78, 5) is 27.8. The van der Waals surface area contributed by atoms with Gasteiger partial charge in [0.05, 0.1) is 22.3 Å². The summed E-state index contributed by atoms with van der Waals surface area (Å²) in [5.74, 6) is -0.376. The van der Waals surface area contributed by atoms with E-state index in [1.807, 2.05) is 48.1 Å². The molecule has 0 saturated carbocycles. The summed E-state index contributed by atoms with van der Waals surface area (Å²) in [5.41, 5.74) is 5.11. The molecule has 4 heteroatoms. The van der Waals surface area contributed by atoms with Crippen LogP contribution in [0.25, 0.3) is 10.9 Å². The minimum Gasteiger partial charge on any atom is -0.350 e. The van der Waals surface area contributed by atoms with Crippen molar-refractivity contribution in [3.63, 3.8) is 0 Å². The number of carbonyl (C=O) groups excluding carboxylic acids is 2. The first kappa shape index (κ1) is 14.5. The highest BCUT2D eigenvalue weighted by Gasteiger charge is 2.42. The van der Waals surface area contributed by atoms with Crippen LogP contribution in [0, 0.1) is 0 Å². The number of amides is 2. The average molecular weight is 330 g/mol. The fraction of sp³-hybridized carbons (Fsp3) is 0.238. The molecule has 0 unspecified atom stereocenters. The van der Waals surface area contributed by atoms with Crippen molar-refractivity contribution in [3.8, 4) is 0 Å². The maximum absolute atomic E-state index is 13.3. The summed E-state index contributed by atoms with van der Waals surface area (Å²) >= 11 is 0. The van der Waals surface area contributed by atoms with Gasteiger partial charge in [0.1, 0.15) is 0 Å². The lowest BCUT2D eigenvalue weighted by Gasteiger charge is -2.20. The smallest absolute Gasteiger partial charge is 0.268 e. The first-order valence-electron chi connectivity index (χ1n) is 8.75. The third-order valence-electron chi connectivity index (χ3n) is 5.50. The van der Waals surface area contributed by atoms with E-state index in [0.29, 0.717) is 16.8 Å². The van der Waals surface area contributed by atoms with E-state index in [1.54, 1.807) is 0 Å². The molecule has 2 heterocycles. The van der Waals surface area contributed by atoms with E-state index in [1.165, 1.54) is 10.5 Å². The van der Waals surface area contributed by atoms with E-state index in [9.17, 15) is 9.59 Å². The molecule has 0 fully saturated rings. The van der Waals surface area contributed by atoms with Crippen LogP contribution in [0.3, 0.4) is 0 Å². The Morgan fingerprint density at radius 2 is 1.52 bits per heavy atom. The van der Waals surface area contributed by atoms with Crippen LogP contribution in [0.5, 0.6) is 0 Å². The van der Waals surface area contributed by atoms with Gasteiger partial charge in [0.2, 0.25) is 0 Å². The van der Waals surface area contributed by atoms with Crippen molar-refractivity contribution in [1.29, 1.82) is 0 Å². The van der Waals surface area contributed by atoms with Crippen LogP contribution in [-0.4, -0.2) is 16.4 Å². The Labute approximate surface area is 145 Å². The number of benzene rings is 2. The number of fused-ring (bicyclic) bond motifs is 6. The highest BCUT2D eigenvalue weighted by molar-refractivity contribution is 6.38. The van der Waals surface area contributed by atoms with Gasteiger partial charge in [0.15, 0.2) is 0 Å². The van der Waals surface area contributed by atoms with Gasteiger partial charge in [0.25, 0.3) is 11.8 Å². The number of carbonyl (C=O) groups is 2. The van der Waals surface area contributed by atoms with E-state index >= 15 is 0 Å². The Bertz CT molecular complexity index is 1050. The number of imide groups is 1. The van der Waals surface area contributed by atoms with E-state index < -0.39 is 0 Å². The molecule has 0 radical (unpaired) electrons. The summed E-state index contributed by atoms with van der Waals surface area (Å²) in [5, 5.41) is 1.13. The molecule has 1 aliphatic carbocycles. The Morgan fingerprint density at radius 1 is 0.840 bits per heavy atom. The predicted octanol–water partition coefficient (Wildman–Crippen LogP) is 3.86. The van der Waals surface area contributed by atoms with Crippen molar-refractivity contribution in [1.82, 2.24) is 4.57 Å². The molecule has 2 aromatic carbocycles. The highest BCUT2D eigenvalue weighted by Crippen LogP contribution is 2.41. The topological polar surface area (TPSA) is 42.3 Å². The summed E-state index contributed by atoms with van der Waals surface area (Å²) in [6, 6.07) is 11.3. The maximum atomic E-state index is 13.3. The number of hydrogen-bond acceptors (Lipinski definition) is 2. The van der Waals surface area contributed by atoms with E-state index in [4.69, 9.17) is 0 Å². The lowest BCUT2D eigenvalue weighted by atomic mass is 9.84. The van der Waals surface area contributed by atoms with Gasteiger partial charge in [-0.15, -0.1) is 0 Å². The minimum atomic E-state index is -0.202. The van der Waals surface area contributed by atoms with Crippen LogP contribution in [0.4, 0.5) is 5.69 Å². The van der Waals surface area contributed by atoms with Gasteiger partial charge in [-0.3, -0.25) is 9.59 Å². The zero-order valence-corrected chi connectivity index (χ0v) is 14.1. The second-order valence-electron chi connectivity index (χ2n) is 6.88. The SMILES string of the molecule is Cn1ccc2c3c(c4c(c21)C(=O)N(c1ccccc1)C4=O)CCCC3. The van der Waals surface area contributed by atoms with Gasteiger partial charge in [-0.25, -0.2) is 4.90 Å². The van der Waals surface area contributed by atoms with Crippen molar-refractivity contribution in [2.45, 2.75) is 25.7 Å². The Balaban J connectivity index is 1.85. The van der Waals surface area contributed by atoms with Gasteiger partial charge in [-0.2, -0.15) is 0 Å². The zero-order valence-electron chi connectivity index (χ0n) is 14.1. The Hall–Kier alpha value is -2.88. The third-order valence-corrected chi connectivity index (χ3v) is 5.50. The number of aryl methyl sites for hydroxylation is 2. The number of para-hydroxylation sites is 1. The lowest BCUT2D eigenvalue weighted by Crippen LogP contribution is -2.29. The molecule has 0 saturated heterocycles. The molecule has 1 aliphatic heterocycles. The number of nitrogens with zero attached hydrogens (tertiary/aromatic N) is 2. The molecule has 2 aliphatic rings. The number of hydrogen-bond donors (Lipinski definition) is 0. The molecule has 124 valence electrons. The van der Waals surface area contributed by atoms with E-state index in [-0.39, 0.29) is 11.8 Å². The van der Waals surface area contributed by atoms with Crippen molar-refractivity contribution in [2.75, 3.05) is 4.90 Å². The number of rotatable bonds is 1. The largest absolute Gasteiger partial charge is 0.350 e. The molecular formula is C21H18N2O2. The summed E-state index contributed by atoms with van der Waals surface area (Å²) < 4.78 is 1.97. The van der Waals surface area contributed by atoms with E-state index in [0.717, 1.165) is 42.1 Å². The second kappa shape index (κ2) is 5.06. The zero-order chi connectivity index (χ0) is 17.1. The van der Waals surface area contributed by atoms with Crippen molar-refractivity contribution in [2.24, 2.45) is 7.05 Å². The fourth-order valence-corrected chi connectivity index (χ4v) is 4.40. The molecule has 0 spiro atoms. The number of aromatic nitrogens is 1. The summed E-state index contributed by atoms with van der Waals surface area (Å²) in [6.45, 7) is 0. The van der Waals surface area contributed by atoms with Crippen LogP contribution in [0.2, 0.25) is 0 Å². The highest BCUT2D eigenvalue weighted by atomic mass is 16.2. The third kappa shape index (κ3) is 1.82. The van der Waals surface area contributed by atoms with Crippen LogP contribution < -0.4 is 4.90 Å². The predicted molar refractivity (Wildman–Crippen MR) is 97.1 cm³/mol. The van der Waals surface area contributed by atoms with E-state index in [2.05, 4.69) is 6.07 Å². The summed E-state index contributed by atoms with van der Waals surface area (Å²) in [7, 11) is 1.95. The van der Waals surface area contributed by atoms with Gasteiger partial charge in [-0.1, -0.05) is 18.2 Å². The van der Waals surface area contributed by atoms with Crippen LogP contribution in [0.15, 0.2) is 42.6 Å². The maximum Gasteiger partial charge on any atom is 0.268 e. The molecule has 5 rings (SSSR count). The first-order valence-corrected chi connectivity index (χ1v) is 8.75. The first-order chi connectivity index (χ1) is 12.2. The molecular weight excluding hydrogens is 312 g/mol. The van der Waals surface area contributed by atoms with Gasteiger partial charge in [0, 0.05) is 18.6 Å². The Kier molecular flexibility index (Phi) is 2.93. The minimum absolute atomic E-state index is 0.174. The van der Waals surface area contributed by atoms with Gasteiger partial charge in [-0.05, 0) is 55.0 Å². The summed E-state index contributed by atoms with van der Waals surface area (Å²) in [6.07, 6.45) is 6.06. The molecule has 0 bridgehead atoms. The molecule has 1 aromatic heterocycles. The second-order valence-corrected chi connectivity index (χ2v) is 6.88. The Morgan fingerprint density at radius 3 is 2.28 bits per heavy atom. The quantitative estimate of drug-likeness (QED) is 0.636. The number of anilines is 1. The van der Waals surface area contributed by atoms with Gasteiger partial charge < -0.3 is 4.57 Å². The molecule has 25 heavy (non-hydrogen) atoms. The monoisotopic (exact) mass is 330 g/mol. The molecule has 3 aromatic rings. The van der Waals surface area contributed by atoms with Crippen LogP contribution in [0.1, 0.15) is 44.7 Å². The van der Waals surface area contributed by atoms with Crippen LogP contribution >= 0.6 is 0 Å². The normalized spacial score (nSPS) is 16.4. The van der Waals surface area contributed by atoms with Crippen molar-refractivity contribution < 1.29 is 9.59 Å². The molecule has 4 nitrogen and oxygen atoms in total. The van der Waals surface area contributed by atoms with Crippen LogP contribution in [-0.2, 0) is 19.9 Å².